The first-order chi connectivity index (χ1) is 7.97. The summed E-state index contributed by atoms with van der Waals surface area (Å²) in [4.78, 5) is 2.50. The average molecular weight is 363 g/mol. The fourth-order valence-corrected chi connectivity index (χ4v) is 3.83. The van der Waals surface area contributed by atoms with E-state index in [1.165, 1.54) is 12.0 Å². The van der Waals surface area contributed by atoms with Crippen LogP contribution in [-0.2, 0) is 6.54 Å². The van der Waals surface area contributed by atoms with Gasteiger partial charge < -0.3 is 5.11 Å². The van der Waals surface area contributed by atoms with Crippen molar-refractivity contribution in [2.24, 2.45) is 5.92 Å². The highest BCUT2D eigenvalue weighted by Crippen LogP contribution is 2.34. The van der Waals surface area contributed by atoms with Crippen molar-refractivity contribution in [1.29, 1.82) is 0 Å². The SMILES string of the molecule is CC1CC(C)N(Cc2cc(Br)c(O)c(Br)c2)C1. The maximum absolute atomic E-state index is 9.68. The Hall–Kier alpha value is -0.0600. The lowest BCUT2D eigenvalue weighted by Crippen LogP contribution is -2.26. The molecule has 1 N–H and O–H groups in total. The standard InChI is InChI=1S/C13H17Br2NO/c1-8-3-9(2)16(6-8)7-10-4-11(14)13(17)12(15)5-10/h4-5,8-9,17H,3,6-7H2,1-2H3. The number of aromatic hydroxyl groups is 1. The summed E-state index contributed by atoms with van der Waals surface area (Å²) in [5, 5.41) is 9.68. The maximum Gasteiger partial charge on any atom is 0.143 e. The van der Waals surface area contributed by atoms with Crippen LogP contribution in [-0.4, -0.2) is 22.6 Å². The quantitative estimate of drug-likeness (QED) is 0.854. The molecule has 1 aliphatic rings. The predicted octanol–water partition coefficient (Wildman–Crippen LogP) is 4.15. The Bertz CT molecular complexity index is 399. The molecule has 0 aliphatic carbocycles. The number of nitrogens with zero attached hydrogens (tertiary/aromatic N) is 1. The number of rotatable bonds is 2. The van der Waals surface area contributed by atoms with E-state index >= 15 is 0 Å². The fourth-order valence-electron chi connectivity index (χ4n) is 2.55. The van der Waals surface area contributed by atoms with E-state index in [1.807, 2.05) is 12.1 Å². The smallest absolute Gasteiger partial charge is 0.143 e. The number of likely N-dealkylation sites (tertiary alicyclic amines) is 1. The molecule has 2 rings (SSSR count). The molecule has 1 heterocycles. The van der Waals surface area contributed by atoms with Crippen LogP contribution in [0, 0.1) is 5.92 Å². The maximum atomic E-state index is 9.68. The monoisotopic (exact) mass is 361 g/mol. The van der Waals surface area contributed by atoms with Crippen molar-refractivity contribution in [1.82, 2.24) is 4.90 Å². The molecule has 4 heteroatoms. The van der Waals surface area contributed by atoms with Gasteiger partial charge in [0, 0.05) is 19.1 Å². The molecular weight excluding hydrogens is 346 g/mol. The van der Waals surface area contributed by atoms with E-state index in [-0.39, 0.29) is 5.75 Å². The van der Waals surface area contributed by atoms with Crippen LogP contribution in [0.4, 0.5) is 0 Å². The van der Waals surface area contributed by atoms with Crippen LogP contribution in [0.1, 0.15) is 25.8 Å². The van der Waals surface area contributed by atoms with Crippen molar-refractivity contribution in [3.63, 3.8) is 0 Å². The highest BCUT2D eigenvalue weighted by atomic mass is 79.9. The molecule has 0 aromatic heterocycles. The largest absolute Gasteiger partial charge is 0.506 e. The number of hydrogen-bond donors (Lipinski definition) is 1. The molecule has 17 heavy (non-hydrogen) atoms. The molecule has 0 amide bonds. The van der Waals surface area contributed by atoms with Gasteiger partial charge in [0.25, 0.3) is 0 Å². The highest BCUT2D eigenvalue weighted by molar-refractivity contribution is 9.11. The van der Waals surface area contributed by atoms with E-state index in [4.69, 9.17) is 0 Å². The molecule has 2 atom stereocenters. The predicted molar refractivity (Wildman–Crippen MR) is 77.2 cm³/mol. The third-order valence-electron chi connectivity index (χ3n) is 3.38. The fraction of sp³-hybridized carbons (Fsp3) is 0.538. The van der Waals surface area contributed by atoms with Crippen LogP contribution in [0.5, 0.6) is 5.75 Å². The van der Waals surface area contributed by atoms with E-state index in [2.05, 4.69) is 50.6 Å². The Morgan fingerprint density at radius 2 is 1.88 bits per heavy atom. The van der Waals surface area contributed by atoms with Gasteiger partial charge in [-0.1, -0.05) is 6.92 Å². The minimum atomic E-state index is 0.275. The lowest BCUT2D eigenvalue weighted by Gasteiger charge is -2.21. The summed E-state index contributed by atoms with van der Waals surface area (Å²) >= 11 is 6.75. The number of hydrogen-bond acceptors (Lipinski definition) is 2. The molecular formula is C13H17Br2NO. The summed E-state index contributed by atoms with van der Waals surface area (Å²) in [6, 6.07) is 4.64. The van der Waals surface area contributed by atoms with Crippen LogP contribution >= 0.6 is 31.9 Å². The van der Waals surface area contributed by atoms with Crippen LogP contribution in [0.3, 0.4) is 0 Å². The van der Waals surface area contributed by atoms with E-state index in [1.54, 1.807) is 0 Å². The lowest BCUT2D eigenvalue weighted by atomic mass is 10.1. The van der Waals surface area contributed by atoms with Crippen molar-refractivity contribution in [3.05, 3.63) is 26.6 Å². The van der Waals surface area contributed by atoms with Gasteiger partial charge in [0.2, 0.25) is 0 Å². The number of benzene rings is 1. The Morgan fingerprint density at radius 3 is 2.35 bits per heavy atom. The molecule has 1 fully saturated rings. The summed E-state index contributed by atoms with van der Waals surface area (Å²) in [5.74, 6) is 1.06. The van der Waals surface area contributed by atoms with Gasteiger partial charge in [-0.2, -0.15) is 0 Å². The number of phenols is 1. The number of halogens is 2. The molecule has 1 aromatic carbocycles. The highest BCUT2D eigenvalue weighted by Gasteiger charge is 2.26. The van der Waals surface area contributed by atoms with Crippen molar-refractivity contribution in [2.75, 3.05) is 6.54 Å². The zero-order chi connectivity index (χ0) is 12.6. The van der Waals surface area contributed by atoms with Crippen molar-refractivity contribution in [3.8, 4) is 5.75 Å². The van der Waals surface area contributed by atoms with Gasteiger partial charge in [-0.05, 0) is 68.8 Å². The summed E-state index contributed by atoms with van der Waals surface area (Å²) in [5.41, 5.74) is 1.22. The minimum absolute atomic E-state index is 0.275. The number of phenolic OH excluding ortho intramolecular Hbond substituents is 1. The van der Waals surface area contributed by atoms with E-state index < -0.39 is 0 Å². The Labute approximate surface area is 119 Å². The third-order valence-corrected chi connectivity index (χ3v) is 4.58. The third kappa shape index (κ3) is 3.04. The van der Waals surface area contributed by atoms with Crippen molar-refractivity contribution in [2.45, 2.75) is 32.9 Å². The normalized spacial score (nSPS) is 25.4. The second-order valence-electron chi connectivity index (χ2n) is 5.03. The van der Waals surface area contributed by atoms with E-state index in [0.717, 1.165) is 28.0 Å². The summed E-state index contributed by atoms with van der Waals surface area (Å²) in [7, 11) is 0. The molecule has 1 saturated heterocycles. The van der Waals surface area contributed by atoms with Gasteiger partial charge >= 0.3 is 0 Å². The van der Waals surface area contributed by atoms with Gasteiger partial charge in [-0.3, -0.25) is 4.90 Å². The Morgan fingerprint density at radius 1 is 1.29 bits per heavy atom. The molecule has 0 saturated carbocycles. The summed E-state index contributed by atoms with van der Waals surface area (Å²) in [6.07, 6.45) is 1.28. The Kier molecular flexibility index (Phi) is 4.16. The Balaban J connectivity index is 2.14. The van der Waals surface area contributed by atoms with E-state index in [9.17, 15) is 5.11 Å². The van der Waals surface area contributed by atoms with Crippen LogP contribution < -0.4 is 0 Å². The second kappa shape index (κ2) is 5.29. The van der Waals surface area contributed by atoms with Crippen LogP contribution in [0.15, 0.2) is 21.1 Å². The molecule has 0 spiro atoms. The van der Waals surface area contributed by atoms with Gasteiger partial charge in [0.15, 0.2) is 0 Å². The zero-order valence-corrected chi connectivity index (χ0v) is 13.3. The van der Waals surface area contributed by atoms with Crippen molar-refractivity contribution < 1.29 is 5.11 Å². The van der Waals surface area contributed by atoms with Gasteiger partial charge in [-0.25, -0.2) is 0 Å². The summed E-state index contributed by atoms with van der Waals surface area (Å²) < 4.78 is 1.50. The molecule has 1 aromatic rings. The lowest BCUT2D eigenvalue weighted by molar-refractivity contribution is 0.256. The first-order valence-electron chi connectivity index (χ1n) is 5.88. The van der Waals surface area contributed by atoms with Gasteiger partial charge in [-0.15, -0.1) is 0 Å². The van der Waals surface area contributed by atoms with Crippen LogP contribution in [0.2, 0.25) is 0 Å². The van der Waals surface area contributed by atoms with Gasteiger partial charge in [0.1, 0.15) is 5.75 Å². The first kappa shape index (κ1) is 13.4. The van der Waals surface area contributed by atoms with Crippen molar-refractivity contribution >= 4 is 31.9 Å². The van der Waals surface area contributed by atoms with Gasteiger partial charge in [0.05, 0.1) is 8.95 Å². The zero-order valence-electron chi connectivity index (χ0n) is 10.1. The minimum Gasteiger partial charge on any atom is -0.506 e. The molecule has 0 bridgehead atoms. The van der Waals surface area contributed by atoms with Crippen LogP contribution in [0.25, 0.3) is 0 Å². The summed E-state index contributed by atoms with van der Waals surface area (Å²) in [6.45, 7) is 6.70. The molecule has 1 aliphatic heterocycles. The average Bonchev–Trinajstić information content (AvgIpc) is 2.54. The molecule has 0 radical (unpaired) electrons. The molecule has 2 nitrogen and oxygen atoms in total. The molecule has 94 valence electrons. The first-order valence-corrected chi connectivity index (χ1v) is 7.47. The molecule has 2 unspecified atom stereocenters. The second-order valence-corrected chi connectivity index (χ2v) is 6.74. The van der Waals surface area contributed by atoms with E-state index in [0.29, 0.717) is 6.04 Å². The topological polar surface area (TPSA) is 23.5 Å².